The number of nitriles is 1. The summed E-state index contributed by atoms with van der Waals surface area (Å²) in [6, 6.07) is 7.35. The first-order chi connectivity index (χ1) is 18.1. The number of fused-ring (bicyclic) bond motifs is 1. The van der Waals surface area contributed by atoms with Crippen molar-refractivity contribution >= 4 is 33.1 Å². The number of aromatic nitrogens is 3. The van der Waals surface area contributed by atoms with Crippen LogP contribution in [0.2, 0.25) is 0 Å². The number of carbonyl (C=O) groups is 1. The van der Waals surface area contributed by atoms with Crippen molar-refractivity contribution in [1.82, 2.24) is 19.7 Å². The highest BCUT2D eigenvalue weighted by molar-refractivity contribution is 7.89. The zero-order valence-electron chi connectivity index (χ0n) is 20.7. The predicted molar refractivity (Wildman–Crippen MR) is 136 cm³/mol. The van der Waals surface area contributed by atoms with Crippen LogP contribution in [0.3, 0.4) is 0 Å². The van der Waals surface area contributed by atoms with E-state index >= 15 is 0 Å². The number of anilines is 1. The molecule has 6 rings (SSSR count). The molecule has 0 amide bonds. The van der Waals surface area contributed by atoms with Gasteiger partial charge in [-0.3, -0.25) is 0 Å². The number of carboxylic acids is 1. The number of hydrogen-bond acceptors (Lipinski definition) is 9. The number of nitrogens with two attached hydrogens (primary N) is 1. The second-order valence-electron chi connectivity index (χ2n) is 9.64. The number of alkyl halides is 3. The van der Waals surface area contributed by atoms with Crippen molar-refractivity contribution in [2.24, 2.45) is 5.41 Å². The molecule has 0 radical (unpaired) electrons. The Labute approximate surface area is 225 Å². The third-order valence-corrected chi connectivity index (χ3v) is 9.21. The van der Waals surface area contributed by atoms with Gasteiger partial charge < -0.3 is 10.8 Å². The van der Waals surface area contributed by atoms with Gasteiger partial charge in [0.2, 0.25) is 10.0 Å². The summed E-state index contributed by atoms with van der Waals surface area (Å²) in [5.74, 6) is -2.46. The fourth-order valence-corrected chi connectivity index (χ4v) is 7.13. The van der Waals surface area contributed by atoms with Gasteiger partial charge in [0.15, 0.2) is 5.82 Å². The highest BCUT2D eigenvalue weighted by Crippen LogP contribution is 2.61. The van der Waals surface area contributed by atoms with Gasteiger partial charge in [-0.05, 0) is 57.2 Å². The van der Waals surface area contributed by atoms with Crippen LogP contribution < -0.4 is 10.5 Å². The zero-order valence-corrected chi connectivity index (χ0v) is 22.3. The summed E-state index contributed by atoms with van der Waals surface area (Å²) in [5.41, 5.74) is 7.82. The lowest BCUT2D eigenvalue weighted by Gasteiger charge is -2.43. The highest BCUT2D eigenvalue weighted by Gasteiger charge is 2.62. The summed E-state index contributed by atoms with van der Waals surface area (Å²) in [7, 11) is -3.75. The molecule has 3 aliphatic carbocycles. The van der Waals surface area contributed by atoms with E-state index < -0.39 is 27.7 Å². The average molecular weight is 581 g/mol. The molecule has 3 fully saturated rings. The maximum atomic E-state index is 13.2. The third-order valence-electron chi connectivity index (χ3n) is 6.72. The van der Waals surface area contributed by atoms with E-state index in [1.807, 2.05) is 13.8 Å². The molecular weight excluding hydrogens is 557 g/mol. The number of aliphatic carboxylic acids is 1. The highest BCUT2D eigenvalue weighted by atomic mass is 32.2. The summed E-state index contributed by atoms with van der Waals surface area (Å²) in [6.07, 6.45) is 0.779. The van der Waals surface area contributed by atoms with Crippen molar-refractivity contribution < 1.29 is 31.5 Å². The Kier molecular flexibility index (Phi) is 7.17. The number of carboxylic acid groups (broad SMARTS) is 1. The van der Waals surface area contributed by atoms with Crippen LogP contribution in [-0.2, 0) is 14.8 Å². The van der Waals surface area contributed by atoms with Crippen LogP contribution >= 0.6 is 11.3 Å². The average Bonchev–Trinajstić information content (AvgIpc) is 3.52. The minimum Gasteiger partial charge on any atom is -0.475 e. The second kappa shape index (κ2) is 9.85. The minimum atomic E-state index is -5.08. The van der Waals surface area contributed by atoms with Gasteiger partial charge >= 0.3 is 12.1 Å². The van der Waals surface area contributed by atoms with E-state index in [4.69, 9.17) is 15.6 Å². The molecule has 4 N–H and O–H groups in total. The van der Waals surface area contributed by atoms with Gasteiger partial charge in [-0.15, -0.1) is 11.3 Å². The van der Waals surface area contributed by atoms with Crippen molar-refractivity contribution in [2.75, 3.05) is 5.73 Å². The normalized spacial score (nSPS) is 21.8. The maximum absolute atomic E-state index is 13.2. The van der Waals surface area contributed by atoms with E-state index in [2.05, 4.69) is 25.7 Å². The van der Waals surface area contributed by atoms with E-state index in [9.17, 15) is 26.9 Å². The van der Waals surface area contributed by atoms with Crippen LogP contribution in [0.5, 0.6) is 0 Å². The van der Waals surface area contributed by atoms with E-state index in [1.165, 1.54) is 11.3 Å². The molecule has 3 aromatic rings. The lowest BCUT2D eigenvalue weighted by atomic mass is 9.66. The molecule has 0 atom stereocenters. The Bertz CT molecular complexity index is 1590. The number of benzene rings is 1. The number of nitrogen functional groups attached to an aromatic ring is 1. The first-order valence-corrected chi connectivity index (χ1v) is 13.8. The van der Waals surface area contributed by atoms with Crippen molar-refractivity contribution in [2.45, 2.75) is 56.1 Å². The van der Waals surface area contributed by atoms with Gasteiger partial charge in [0.25, 0.3) is 0 Å². The Hall–Kier alpha value is -3.61. The number of thiazole rings is 1. The molecule has 1 aromatic carbocycles. The molecule has 3 saturated carbocycles. The lowest BCUT2D eigenvalue weighted by molar-refractivity contribution is -0.192. The quantitative estimate of drug-likeness (QED) is 0.400. The Morgan fingerprint density at radius 3 is 2.41 bits per heavy atom. The number of hydrogen-bond donors (Lipinski definition) is 3. The molecule has 2 heterocycles. The maximum Gasteiger partial charge on any atom is 0.490 e. The van der Waals surface area contributed by atoms with Crippen LogP contribution in [0.4, 0.5) is 19.0 Å². The van der Waals surface area contributed by atoms with Gasteiger partial charge in [-0.25, -0.2) is 32.9 Å². The summed E-state index contributed by atoms with van der Waals surface area (Å²) in [4.78, 5) is 23.1. The Balaban J connectivity index is 0.000000448. The van der Waals surface area contributed by atoms with Crippen LogP contribution in [-0.4, -0.2) is 46.2 Å². The molecule has 10 nitrogen and oxygen atoms in total. The molecular formula is C24H23F3N6O4S2. The smallest absolute Gasteiger partial charge is 0.475 e. The molecule has 0 unspecified atom stereocenters. The van der Waals surface area contributed by atoms with E-state index in [0.29, 0.717) is 42.0 Å². The Morgan fingerprint density at radius 2 is 1.87 bits per heavy atom. The van der Waals surface area contributed by atoms with E-state index in [-0.39, 0.29) is 10.3 Å². The van der Waals surface area contributed by atoms with Gasteiger partial charge in [-0.1, -0.05) is 6.07 Å². The molecule has 0 spiro atoms. The van der Waals surface area contributed by atoms with Crippen molar-refractivity contribution in [3.05, 3.63) is 41.2 Å². The van der Waals surface area contributed by atoms with Gasteiger partial charge in [0, 0.05) is 17.3 Å². The first-order valence-electron chi connectivity index (χ1n) is 11.5. The van der Waals surface area contributed by atoms with Crippen molar-refractivity contribution in [1.29, 1.82) is 5.26 Å². The lowest BCUT2D eigenvalue weighted by Crippen LogP contribution is -2.55. The number of sulfonamides is 1. The van der Waals surface area contributed by atoms with Crippen molar-refractivity contribution in [3.63, 3.8) is 0 Å². The SMILES string of the molecule is Cc1ncc(-c2nc(-c3cc(S(=O)(=O)NC45CCC(C#N)(C4)C5)ccc3C)cnc2N)s1.O=C(O)C(F)(F)F. The minimum absolute atomic E-state index is 0.169. The topological polar surface area (TPSA) is 172 Å². The molecule has 2 bridgehead atoms. The van der Waals surface area contributed by atoms with E-state index in [0.717, 1.165) is 21.9 Å². The number of nitrogens with zero attached hydrogens (tertiary/aromatic N) is 4. The summed E-state index contributed by atoms with van der Waals surface area (Å²) >= 11 is 1.47. The number of halogens is 3. The molecule has 206 valence electrons. The zero-order chi connectivity index (χ0) is 28.8. The van der Waals surface area contributed by atoms with E-state index in [1.54, 1.807) is 30.6 Å². The van der Waals surface area contributed by atoms with Crippen LogP contribution in [0.25, 0.3) is 21.8 Å². The first kappa shape index (κ1) is 28.4. The third kappa shape index (κ3) is 5.72. The van der Waals surface area contributed by atoms with Crippen molar-refractivity contribution in [3.8, 4) is 27.9 Å². The number of rotatable bonds is 5. The predicted octanol–water partition coefficient (Wildman–Crippen LogP) is 4.21. The molecule has 2 aromatic heterocycles. The number of aryl methyl sites for hydroxylation is 2. The molecule has 0 saturated heterocycles. The fraction of sp³-hybridized carbons (Fsp3) is 0.375. The number of nitrogens with one attached hydrogen (secondary N) is 1. The second-order valence-corrected chi connectivity index (χ2v) is 12.6. The molecule has 39 heavy (non-hydrogen) atoms. The monoisotopic (exact) mass is 580 g/mol. The van der Waals surface area contributed by atoms with Crippen LogP contribution in [0.15, 0.2) is 35.5 Å². The molecule has 15 heteroatoms. The van der Waals surface area contributed by atoms with Crippen LogP contribution in [0.1, 0.15) is 36.3 Å². The fourth-order valence-electron chi connectivity index (χ4n) is 4.90. The standard InChI is InChI=1S/C22H22N6O2S2.C2HF3O2/c1-13-3-4-15(32(29,30)28-22-6-5-21(10-22,11-22)12-23)7-16(13)17-8-26-20(24)19(27-17)18-9-25-14(2)31-18;3-2(4,5)1(6)7/h3-4,7-9,28H,5-6,10-11H2,1-2H3,(H2,24,26);(H,6,7). The molecule has 3 aliphatic rings. The van der Waals surface area contributed by atoms with Gasteiger partial charge in [0.05, 0.1) is 38.2 Å². The summed E-state index contributed by atoms with van der Waals surface area (Å²) in [6.45, 7) is 3.80. The van der Waals surface area contributed by atoms with Gasteiger partial charge in [0.1, 0.15) is 5.69 Å². The summed E-state index contributed by atoms with van der Waals surface area (Å²) < 4.78 is 61.0. The largest absolute Gasteiger partial charge is 0.490 e. The van der Waals surface area contributed by atoms with Crippen LogP contribution in [0, 0.1) is 30.6 Å². The molecule has 0 aliphatic heterocycles. The summed E-state index contributed by atoms with van der Waals surface area (Å²) in [5, 5.41) is 17.4. The Morgan fingerprint density at radius 1 is 1.21 bits per heavy atom. The van der Waals surface area contributed by atoms with Gasteiger partial charge in [-0.2, -0.15) is 18.4 Å².